The van der Waals surface area contributed by atoms with Crippen LogP contribution in [0.5, 0.6) is 0 Å². The van der Waals surface area contributed by atoms with Crippen LogP contribution >= 0.6 is 0 Å². The molecule has 0 aliphatic carbocycles. The van der Waals surface area contributed by atoms with Crippen LogP contribution in [0.3, 0.4) is 0 Å². The van der Waals surface area contributed by atoms with E-state index in [1.165, 1.54) is 49.8 Å². The van der Waals surface area contributed by atoms with E-state index in [1.54, 1.807) is 0 Å². The molecule has 3 nitrogen and oxygen atoms in total. The Morgan fingerprint density at radius 1 is 1.05 bits per heavy atom. The van der Waals surface area contributed by atoms with E-state index in [1.807, 2.05) is 6.08 Å². The Morgan fingerprint density at radius 3 is 2.45 bits per heavy atom. The summed E-state index contributed by atoms with van der Waals surface area (Å²) in [7, 11) is 2.13. The van der Waals surface area contributed by atoms with Gasteiger partial charge in [-0.1, -0.05) is 96.0 Å². The monoisotopic (exact) mass is 513 g/mol. The zero-order chi connectivity index (χ0) is 27.9. The summed E-state index contributed by atoms with van der Waals surface area (Å²) in [6, 6.07) is 8.66. The van der Waals surface area contributed by atoms with E-state index in [-0.39, 0.29) is 0 Å². The summed E-state index contributed by atoms with van der Waals surface area (Å²) >= 11 is 0. The van der Waals surface area contributed by atoms with Gasteiger partial charge in [-0.3, -0.25) is 0 Å². The van der Waals surface area contributed by atoms with Gasteiger partial charge in [-0.25, -0.2) is 4.99 Å². The molecule has 1 heterocycles. The number of hydrogen-bond donors (Lipinski definition) is 0. The molecular formula is C35H51N3. The van der Waals surface area contributed by atoms with Crippen molar-refractivity contribution in [2.75, 3.05) is 20.1 Å². The summed E-state index contributed by atoms with van der Waals surface area (Å²) < 4.78 is 0. The molecule has 0 bridgehead atoms. The minimum absolute atomic E-state index is 0.882. The van der Waals surface area contributed by atoms with Crippen LogP contribution in [0, 0.1) is 0 Å². The Labute approximate surface area is 233 Å². The Morgan fingerprint density at radius 2 is 1.76 bits per heavy atom. The summed E-state index contributed by atoms with van der Waals surface area (Å²) in [6.45, 7) is 23.5. The Kier molecular flexibility index (Phi) is 13.7. The molecule has 0 radical (unpaired) electrons. The van der Waals surface area contributed by atoms with Gasteiger partial charge in [-0.15, -0.1) is 0 Å². The smallest absolute Gasteiger partial charge is 0.136 e. The van der Waals surface area contributed by atoms with Crippen LogP contribution in [0.1, 0.15) is 96.6 Å². The van der Waals surface area contributed by atoms with Crippen LogP contribution in [0.15, 0.2) is 90.4 Å². The first kappa shape index (κ1) is 31.1. The zero-order valence-electron chi connectivity index (χ0n) is 24.9. The van der Waals surface area contributed by atoms with Crippen molar-refractivity contribution in [2.24, 2.45) is 4.99 Å². The lowest BCUT2D eigenvalue weighted by Crippen LogP contribution is -2.18. The predicted molar refractivity (Wildman–Crippen MR) is 170 cm³/mol. The number of aliphatic imine (C=N–C) groups is 1. The van der Waals surface area contributed by atoms with Crippen molar-refractivity contribution in [3.05, 3.63) is 96.5 Å². The van der Waals surface area contributed by atoms with Gasteiger partial charge in [0, 0.05) is 42.8 Å². The van der Waals surface area contributed by atoms with Crippen LogP contribution < -0.4 is 0 Å². The van der Waals surface area contributed by atoms with Gasteiger partial charge in [0.05, 0.1) is 0 Å². The molecule has 0 atom stereocenters. The summed E-state index contributed by atoms with van der Waals surface area (Å²) in [5.41, 5.74) is 7.90. The number of hydrogen-bond acceptors (Lipinski definition) is 3. The van der Waals surface area contributed by atoms with E-state index in [4.69, 9.17) is 4.99 Å². The number of allylic oxidation sites excluding steroid dienone is 5. The first-order valence-corrected chi connectivity index (χ1v) is 14.6. The summed E-state index contributed by atoms with van der Waals surface area (Å²) in [5, 5.41) is 0. The van der Waals surface area contributed by atoms with Crippen LogP contribution in [0.4, 0.5) is 0 Å². The second-order valence-corrected chi connectivity index (χ2v) is 10.3. The Hall–Kier alpha value is -3.07. The highest BCUT2D eigenvalue weighted by Gasteiger charge is 2.26. The maximum atomic E-state index is 5.23. The molecule has 0 aromatic heterocycles. The maximum Gasteiger partial charge on any atom is 0.136 e. The van der Waals surface area contributed by atoms with E-state index in [0.29, 0.717) is 0 Å². The molecule has 0 saturated carbocycles. The molecule has 2 rings (SSSR count). The summed E-state index contributed by atoms with van der Waals surface area (Å²) in [6.07, 6.45) is 18.8. The fourth-order valence-corrected chi connectivity index (χ4v) is 4.83. The predicted octanol–water partition coefficient (Wildman–Crippen LogP) is 9.79. The third kappa shape index (κ3) is 9.04. The van der Waals surface area contributed by atoms with Crippen LogP contribution in [0.25, 0.3) is 11.3 Å². The lowest BCUT2D eigenvalue weighted by Gasteiger charge is -2.23. The molecular weight excluding hydrogens is 462 g/mol. The highest BCUT2D eigenvalue weighted by molar-refractivity contribution is 5.85. The van der Waals surface area contributed by atoms with E-state index in [2.05, 4.69) is 107 Å². The van der Waals surface area contributed by atoms with Gasteiger partial charge in [0.2, 0.25) is 0 Å². The standard InChI is InChI=1S/C35H51N3/c1-9-13-15-16-17-21-28(5)36-35-34(24-26-38(35)33(19-11-3)20-12-4)29(6)31-22-18-23-32(27-31)30(7)37(8)25-14-10-2/h11-12,18-20,22-23,27H,3,6-7,9-10,13-17,21,24-26H2,1-2,4-5,8H3/b20-12-,33-19+,36-28?. The molecule has 1 aromatic rings. The van der Waals surface area contributed by atoms with E-state index < -0.39 is 0 Å². The van der Waals surface area contributed by atoms with E-state index in [0.717, 1.165) is 66.3 Å². The van der Waals surface area contributed by atoms with Crippen molar-refractivity contribution in [1.29, 1.82) is 0 Å². The van der Waals surface area contributed by atoms with E-state index in [9.17, 15) is 0 Å². The minimum atomic E-state index is 0.882. The van der Waals surface area contributed by atoms with Crippen LogP contribution in [-0.2, 0) is 0 Å². The molecule has 0 fully saturated rings. The van der Waals surface area contributed by atoms with Gasteiger partial charge in [-0.05, 0) is 74.4 Å². The molecule has 1 aliphatic rings. The fraction of sp³-hybridized carbons (Fsp3) is 0.457. The Balaban J connectivity index is 2.42. The molecule has 3 heteroatoms. The average molecular weight is 514 g/mol. The molecule has 1 aromatic carbocycles. The molecule has 0 saturated heterocycles. The average Bonchev–Trinajstić information content (AvgIpc) is 3.33. The molecule has 206 valence electrons. The van der Waals surface area contributed by atoms with Crippen LogP contribution in [0.2, 0.25) is 0 Å². The van der Waals surface area contributed by atoms with Gasteiger partial charge in [-0.2, -0.15) is 0 Å². The van der Waals surface area contributed by atoms with Gasteiger partial charge < -0.3 is 9.80 Å². The van der Waals surface area contributed by atoms with E-state index >= 15 is 0 Å². The largest absolute Gasteiger partial charge is 0.375 e. The lowest BCUT2D eigenvalue weighted by atomic mass is 9.96. The second-order valence-electron chi connectivity index (χ2n) is 10.3. The zero-order valence-corrected chi connectivity index (χ0v) is 24.9. The van der Waals surface area contributed by atoms with Crippen molar-refractivity contribution < 1.29 is 0 Å². The van der Waals surface area contributed by atoms with Crippen molar-refractivity contribution in [3.8, 4) is 0 Å². The van der Waals surface area contributed by atoms with Crippen molar-refractivity contribution in [2.45, 2.75) is 85.5 Å². The molecule has 0 spiro atoms. The van der Waals surface area contributed by atoms with Crippen molar-refractivity contribution in [3.63, 3.8) is 0 Å². The van der Waals surface area contributed by atoms with Gasteiger partial charge in [0.1, 0.15) is 5.82 Å². The normalized spacial score (nSPS) is 14.5. The second kappa shape index (κ2) is 16.7. The highest BCUT2D eigenvalue weighted by Crippen LogP contribution is 2.37. The number of rotatable bonds is 17. The number of nitrogens with zero attached hydrogens (tertiary/aromatic N) is 3. The minimum Gasteiger partial charge on any atom is -0.375 e. The molecule has 0 amide bonds. The molecule has 0 unspecified atom stereocenters. The van der Waals surface area contributed by atoms with Crippen molar-refractivity contribution >= 4 is 17.0 Å². The first-order valence-electron chi connectivity index (χ1n) is 14.6. The third-order valence-corrected chi connectivity index (χ3v) is 7.20. The fourth-order valence-electron chi connectivity index (χ4n) is 4.83. The topological polar surface area (TPSA) is 18.8 Å². The molecule has 1 aliphatic heterocycles. The third-order valence-electron chi connectivity index (χ3n) is 7.20. The summed E-state index contributed by atoms with van der Waals surface area (Å²) in [5.74, 6) is 1.02. The number of benzene rings is 1. The molecule has 0 N–H and O–H groups in total. The molecule has 38 heavy (non-hydrogen) atoms. The first-order chi connectivity index (χ1) is 18.4. The highest BCUT2D eigenvalue weighted by atomic mass is 15.2. The lowest BCUT2D eigenvalue weighted by molar-refractivity contribution is 0.463. The quantitative estimate of drug-likeness (QED) is 0.117. The summed E-state index contributed by atoms with van der Waals surface area (Å²) in [4.78, 5) is 9.81. The Bertz CT molecular complexity index is 1070. The number of unbranched alkanes of at least 4 members (excludes halogenated alkanes) is 5. The van der Waals surface area contributed by atoms with Crippen molar-refractivity contribution in [1.82, 2.24) is 9.80 Å². The van der Waals surface area contributed by atoms with Gasteiger partial charge in [0.15, 0.2) is 0 Å². The van der Waals surface area contributed by atoms with Crippen LogP contribution in [-0.4, -0.2) is 35.6 Å². The van der Waals surface area contributed by atoms with Gasteiger partial charge in [0.25, 0.3) is 0 Å². The van der Waals surface area contributed by atoms with Gasteiger partial charge >= 0.3 is 0 Å². The SMILES string of the molecule is C=C/C=C(\C=C/C)N1CCC(C(=C)c2cccc(C(=C)N(C)CCCC)c2)=C1N=C(C)CCCCCCC. The maximum absolute atomic E-state index is 5.23.